The molecule has 1 aromatic carbocycles. The molecule has 3 nitrogen and oxygen atoms in total. The van der Waals surface area contributed by atoms with E-state index in [-0.39, 0.29) is 5.91 Å². The van der Waals surface area contributed by atoms with Crippen LogP contribution in [-0.2, 0) is 0 Å². The van der Waals surface area contributed by atoms with Crippen LogP contribution < -0.4 is 5.43 Å². The molecule has 0 aliphatic carbocycles. The highest BCUT2D eigenvalue weighted by atomic mass is 16.2. The number of carbonyl (C=O) groups excluding carboxylic acids is 1. The highest BCUT2D eigenvalue weighted by Crippen LogP contribution is 2.02. The largest absolute Gasteiger partial charge is 0.271 e. The van der Waals surface area contributed by atoms with Gasteiger partial charge in [-0.25, -0.2) is 5.43 Å². The van der Waals surface area contributed by atoms with Crippen molar-refractivity contribution in [3.05, 3.63) is 35.4 Å². The number of hydrazone groups is 1. The number of carbonyl (C=O) groups is 1. The first-order valence-corrected chi connectivity index (χ1v) is 3.57. The number of nitrogens with zero attached hydrogens (tertiary/aromatic N) is 1. The van der Waals surface area contributed by atoms with Gasteiger partial charge in [0.05, 0.1) is 0 Å². The maximum Gasteiger partial charge on any atom is 0.271 e. The number of nitrogens with one attached hydrogen (secondary N) is 1. The third kappa shape index (κ3) is 1.92. The van der Waals surface area contributed by atoms with E-state index in [0.29, 0.717) is 5.56 Å². The second kappa shape index (κ2) is 3.67. The Kier molecular flexibility index (Phi) is 2.58. The first kappa shape index (κ1) is 8.46. The molecule has 0 heterocycles. The second-order valence-electron chi connectivity index (χ2n) is 2.47. The van der Waals surface area contributed by atoms with E-state index in [1.807, 2.05) is 19.1 Å². The molecule has 12 heavy (non-hydrogen) atoms. The summed E-state index contributed by atoms with van der Waals surface area (Å²) in [5.41, 5.74) is 3.91. The number of hydrogen-bond acceptors (Lipinski definition) is 2. The predicted molar refractivity (Wildman–Crippen MR) is 48.2 cm³/mol. The van der Waals surface area contributed by atoms with Crippen molar-refractivity contribution in [1.29, 1.82) is 0 Å². The summed E-state index contributed by atoms with van der Waals surface area (Å²) in [7, 11) is 0. The summed E-state index contributed by atoms with van der Waals surface area (Å²) in [6.45, 7) is 5.10. The molecule has 0 radical (unpaired) electrons. The van der Waals surface area contributed by atoms with E-state index in [1.54, 1.807) is 12.1 Å². The first-order valence-electron chi connectivity index (χ1n) is 3.57. The summed E-state index contributed by atoms with van der Waals surface area (Å²) in [6, 6.07) is 7.28. The lowest BCUT2D eigenvalue weighted by Crippen LogP contribution is -2.16. The van der Waals surface area contributed by atoms with Gasteiger partial charge in [0.1, 0.15) is 0 Å². The van der Waals surface area contributed by atoms with Crippen LogP contribution in [-0.4, -0.2) is 12.6 Å². The summed E-state index contributed by atoms with van der Waals surface area (Å²) in [4.78, 5) is 11.2. The third-order valence-corrected chi connectivity index (χ3v) is 1.46. The molecular weight excluding hydrogens is 152 g/mol. The van der Waals surface area contributed by atoms with E-state index in [2.05, 4.69) is 17.2 Å². The molecule has 0 fully saturated rings. The number of aryl methyl sites for hydroxylation is 1. The maximum atomic E-state index is 11.2. The van der Waals surface area contributed by atoms with Crippen molar-refractivity contribution in [2.45, 2.75) is 6.92 Å². The molecule has 1 amide bonds. The summed E-state index contributed by atoms with van der Waals surface area (Å²) >= 11 is 0. The van der Waals surface area contributed by atoms with Gasteiger partial charge in [0.25, 0.3) is 5.91 Å². The molecule has 62 valence electrons. The molecular formula is C9H10N2O. The molecule has 0 saturated carbocycles. The number of hydrogen-bond donors (Lipinski definition) is 1. The Morgan fingerprint density at radius 3 is 2.92 bits per heavy atom. The van der Waals surface area contributed by atoms with Gasteiger partial charge in [-0.3, -0.25) is 4.79 Å². The van der Waals surface area contributed by atoms with Crippen molar-refractivity contribution in [2.24, 2.45) is 5.10 Å². The van der Waals surface area contributed by atoms with Crippen molar-refractivity contribution in [3.8, 4) is 0 Å². The summed E-state index contributed by atoms with van der Waals surface area (Å²) in [6.07, 6.45) is 0. The lowest BCUT2D eigenvalue weighted by Gasteiger charge is -1.99. The molecule has 1 rings (SSSR count). The topological polar surface area (TPSA) is 41.5 Å². The van der Waals surface area contributed by atoms with Crippen molar-refractivity contribution < 1.29 is 4.79 Å². The lowest BCUT2D eigenvalue weighted by atomic mass is 10.1. The summed E-state index contributed by atoms with van der Waals surface area (Å²) in [5, 5.41) is 3.29. The van der Waals surface area contributed by atoms with Gasteiger partial charge >= 0.3 is 0 Å². The zero-order valence-electron chi connectivity index (χ0n) is 6.87. The SMILES string of the molecule is C=NNC(=O)c1cccc(C)c1. The number of amides is 1. The molecule has 0 atom stereocenters. The summed E-state index contributed by atoms with van der Waals surface area (Å²) in [5.74, 6) is -0.228. The average Bonchev–Trinajstić information content (AvgIpc) is 2.05. The van der Waals surface area contributed by atoms with Gasteiger partial charge in [-0.2, -0.15) is 5.10 Å². The van der Waals surface area contributed by atoms with Crippen LogP contribution in [0.4, 0.5) is 0 Å². The van der Waals surface area contributed by atoms with E-state index >= 15 is 0 Å². The lowest BCUT2D eigenvalue weighted by molar-refractivity contribution is 0.0955. The molecule has 0 bridgehead atoms. The van der Waals surface area contributed by atoms with E-state index in [1.165, 1.54) is 0 Å². The third-order valence-electron chi connectivity index (χ3n) is 1.46. The Balaban J connectivity index is 2.87. The smallest absolute Gasteiger partial charge is 0.267 e. The monoisotopic (exact) mass is 162 g/mol. The average molecular weight is 162 g/mol. The Morgan fingerprint density at radius 1 is 1.58 bits per heavy atom. The molecule has 0 unspecified atom stereocenters. The maximum absolute atomic E-state index is 11.2. The van der Waals surface area contributed by atoms with Gasteiger partial charge < -0.3 is 0 Å². The molecule has 1 N–H and O–H groups in total. The molecule has 3 heteroatoms. The molecule has 0 aliphatic heterocycles. The molecule has 1 aromatic rings. The van der Waals surface area contributed by atoms with E-state index in [9.17, 15) is 4.79 Å². The van der Waals surface area contributed by atoms with Gasteiger partial charge in [0.15, 0.2) is 0 Å². The Morgan fingerprint density at radius 2 is 2.33 bits per heavy atom. The summed E-state index contributed by atoms with van der Waals surface area (Å²) < 4.78 is 0. The van der Waals surface area contributed by atoms with Crippen LogP contribution in [0.5, 0.6) is 0 Å². The van der Waals surface area contributed by atoms with E-state index < -0.39 is 0 Å². The quantitative estimate of drug-likeness (QED) is 0.517. The van der Waals surface area contributed by atoms with Gasteiger partial charge in [-0.05, 0) is 19.1 Å². The van der Waals surface area contributed by atoms with Crippen LogP contribution in [0, 0.1) is 6.92 Å². The molecule has 0 aromatic heterocycles. The number of benzene rings is 1. The van der Waals surface area contributed by atoms with Gasteiger partial charge in [0.2, 0.25) is 0 Å². The standard InChI is InChI=1S/C9H10N2O/c1-7-4-3-5-8(6-7)9(12)11-10-2/h3-6H,2H2,1H3,(H,11,12). The van der Waals surface area contributed by atoms with Crippen molar-refractivity contribution in [1.82, 2.24) is 5.43 Å². The highest BCUT2D eigenvalue weighted by Gasteiger charge is 2.01. The predicted octanol–water partition coefficient (Wildman–Crippen LogP) is 1.34. The van der Waals surface area contributed by atoms with Crippen LogP contribution in [0.2, 0.25) is 0 Å². The normalized spacial score (nSPS) is 9.08. The Hall–Kier alpha value is -1.64. The van der Waals surface area contributed by atoms with Gasteiger partial charge in [-0.1, -0.05) is 17.7 Å². The molecule has 0 saturated heterocycles. The van der Waals surface area contributed by atoms with Crippen LogP contribution in [0.15, 0.2) is 29.4 Å². The minimum absolute atomic E-state index is 0.228. The van der Waals surface area contributed by atoms with Crippen LogP contribution in [0.25, 0.3) is 0 Å². The van der Waals surface area contributed by atoms with Crippen LogP contribution >= 0.6 is 0 Å². The zero-order valence-corrected chi connectivity index (χ0v) is 6.87. The second-order valence-corrected chi connectivity index (χ2v) is 2.47. The van der Waals surface area contributed by atoms with E-state index in [4.69, 9.17) is 0 Å². The number of rotatable bonds is 2. The zero-order chi connectivity index (χ0) is 8.97. The van der Waals surface area contributed by atoms with Gasteiger partial charge in [-0.15, -0.1) is 0 Å². The Bertz CT molecular complexity index is 307. The molecule has 0 aliphatic rings. The fraction of sp³-hybridized carbons (Fsp3) is 0.111. The fourth-order valence-electron chi connectivity index (χ4n) is 0.923. The van der Waals surface area contributed by atoms with Crippen molar-refractivity contribution in [2.75, 3.05) is 0 Å². The van der Waals surface area contributed by atoms with E-state index in [0.717, 1.165) is 5.56 Å². The van der Waals surface area contributed by atoms with Crippen molar-refractivity contribution in [3.63, 3.8) is 0 Å². The van der Waals surface area contributed by atoms with Gasteiger partial charge in [0, 0.05) is 12.3 Å². The fourth-order valence-corrected chi connectivity index (χ4v) is 0.923. The minimum atomic E-state index is -0.228. The van der Waals surface area contributed by atoms with Crippen molar-refractivity contribution >= 4 is 12.6 Å². The van der Waals surface area contributed by atoms with Crippen LogP contribution in [0.1, 0.15) is 15.9 Å². The first-order chi connectivity index (χ1) is 5.74. The molecule has 0 spiro atoms. The highest BCUT2D eigenvalue weighted by molar-refractivity contribution is 5.94. The van der Waals surface area contributed by atoms with Crippen LogP contribution in [0.3, 0.4) is 0 Å². The Labute approximate surface area is 71.1 Å². The minimum Gasteiger partial charge on any atom is -0.267 e.